The third-order valence-corrected chi connectivity index (χ3v) is 5.59. The molecule has 0 amide bonds. The van der Waals surface area contributed by atoms with Crippen LogP contribution in [-0.2, 0) is 17.6 Å². The highest BCUT2D eigenvalue weighted by atomic mass is 16.5. The molecule has 3 aromatic carbocycles. The van der Waals surface area contributed by atoms with E-state index in [0.717, 1.165) is 39.3 Å². The lowest BCUT2D eigenvalue weighted by Gasteiger charge is -2.07. The van der Waals surface area contributed by atoms with Gasteiger partial charge < -0.3 is 10.1 Å². The van der Waals surface area contributed by atoms with Crippen molar-refractivity contribution in [2.75, 3.05) is 12.4 Å². The minimum absolute atomic E-state index is 0.196. The van der Waals surface area contributed by atoms with Gasteiger partial charge in [0.25, 0.3) is 0 Å². The number of ketones is 1. The molecule has 5 rings (SSSR count). The Morgan fingerprint density at radius 2 is 1.62 bits per heavy atom. The van der Waals surface area contributed by atoms with Crippen LogP contribution in [0.15, 0.2) is 97.2 Å². The Morgan fingerprint density at radius 1 is 0.853 bits per heavy atom. The van der Waals surface area contributed by atoms with E-state index in [1.807, 2.05) is 91.1 Å². The summed E-state index contributed by atoms with van der Waals surface area (Å²) in [6, 6.07) is 29.5. The highest BCUT2D eigenvalue weighted by Crippen LogP contribution is 2.26. The number of aromatic nitrogens is 3. The van der Waals surface area contributed by atoms with Crippen molar-refractivity contribution in [1.29, 1.82) is 0 Å². The summed E-state index contributed by atoms with van der Waals surface area (Å²) in [5.41, 5.74) is 5.60. The van der Waals surface area contributed by atoms with Crippen molar-refractivity contribution in [3.05, 3.63) is 108 Å². The molecular formula is C28H24N4O2. The molecule has 0 aliphatic heterocycles. The number of nitrogens with zero attached hydrogens (tertiary/aromatic N) is 3. The van der Waals surface area contributed by atoms with Crippen molar-refractivity contribution in [1.82, 2.24) is 14.6 Å². The van der Waals surface area contributed by atoms with E-state index in [2.05, 4.69) is 21.5 Å². The number of ether oxygens (including phenoxy) is 1. The number of Topliss-reactive ketones (excluding diaryl/α,β-unsaturated/α-hetero) is 1. The maximum Gasteiger partial charge on any atom is 0.247 e. The maximum absolute atomic E-state index is 12.6. The topological polar surface area (TPSA) is 68.5 Å². The number of para-hydroxylation sites is 2. The summed E-state index contributed by atoms with van der Waals surface area (Å²) in [6.45, 7) is 0. The molecule has 0 atom stereocenters. The molecule has 6 heteroatoms. The van der Waals surface area contributed by atoms with Crippen LogP contribution in [0.4, 0.5) is 11.6 Å². The molecule has 0 aliphatic rings. The molecular weight excluding hydrogens is 424 g/mol. The Balaban J connectivity index is 1.34. The average molecular weight is 449 g/mol. The van der Waals surface area contributed by atoms with Gasteiger partial charge in [-0.1, -0.05) is 66.7 Å². The summed E-state index contributed by atoms with van der Waals surface area (Å²) in [4.78, 5) is 17.1. The van der Waals surface area contributed by atoms with Crippen LogP contribution in [0.25, 0.3) is 16.8 Å². The third-order valence-electron chi connectivity index (χ3n) is 5.59. The van der Waals surface area contributed by atoms with Gasteiger partial charge in [0.05, 0.1) is 12.8 Å². The number of fused-ring (bicyclic) bond motifs is 1. The number of carbonyl (C=O) groups excluding carboxylic acids is 1. The van der Waals surface area contributed by atoms with Crippen molar-refractivity contribution in [3.63, 3.8) is 0 Å². The zero-order valence-electron chi connectivity index (χ0n) is 18.8. The lowest BCUT2D eigenvalue weighted by Crippen LogP contribution is -2.06. The molecule has 34 heavy (non-hydrogen) atoms. The SMILES string of the molecule is COc1ccccc1Nc1nc2ccc(-c3cccc(CC(=O)Cc4ccccc4)c3)cn2n1. The second-order valence-electron chi connectivity index (χ2n) is 8.06. The first-order valence-corrected chi connectivity index (χ1v) is 11.1. The number of rotatable bonds is 8. The largest absolute Gasteiger partial charge is 0.495 e. The van der Waals surface area contributed by atoms with Crippen LogP contribution in [0, 0.1) is 0 Å². The summed E-state index contributed by atoms with van der Waals surface area (Å²) in [7, 11) is 1.63. The van der Waals surface area contributed by atoms with Crippen LogP contribution in [-0.4, -0.2) is 27.5 Å². The number of anilines is 2. The van der Waals surface area contributed by atoms with E-state index in [0.29, 0.717) is 18.8 Å². The smallest absolute Gasteiger partial charge is 0.247 e. The van der Waals surface area contributed by atoms with Crippen LogP contribution in [0.1, 0.15) is 11.1 Å². The molecule has 0 bridgehead atoms. The number of pyridine rings is 1. The second kappa shape index (κ2) is 9.58. The summed E-state index contributed by atoms with van der Waals surface area (Å²) in [5, 5.41) is 7.79. The molecule has 2 heterocycles. The fraction of sp³-hybridized carbons (Fsp3) is 0.107. The van der Waals surface area contributed by atoms with Gasteiger partial charge in [0.1, 0.15) is 11.5 Å². The van der Waals surface area contributed by atoms with Crippen LogP contribution in [0.5, 0.6) is 5.75 Å². The molecule has 0 saturated heterocycles. The molecule has 0 aliphatic carbocycles. The van der Waals surface area contributed by atoms with E-state index >= 15 is 0 Å². The van der Waals surface area contributed by atoms with Crippen LogP contribution >= 0.6 is 0 Å². The molecule has 6 nitrogen and oxygen atoms in total. The average Bonchev–Trinajstić information content (AvgIpc) is 3.26. The first kappa shape index (κ1) is 21.4. The molecule has 0 unspecified atom stereocenters. The van der Waals surface area contributed by atoms with E-state index in [1.54, 1.807) is 11.6 Å². The Labute approximate surface area is 197 Å². The number of carbonyl (C=O) groups is 1. The van der Waals surface area contributed by atoms with E-state index in [-0.39, 0.29) is 5.78 Å². The quantitative estimate of drug-likeness (QED) is 0.339. The zero-order valence-corrected chi connectivity index (χ0v) is 18.8. The number of nitrogens with one attached hydrogen (secondary N) is 1. The molecule has 0 fully saturated rings. The van der Waals surface area contributed by atoms with Crippen molar-refractivity contribution in [2.45, 2.75) is 12.8 Å². The minimum Gasteiger partial charge on any atom is -0.495 e. The Hall–Kier alpha value is -4.45. The number of benzene rings is 3. The molecule has 0 spiro atoms. The number of methoxy groups -OCH3 is 1. The van der Waals surface area contributed by atoms with Gasteiger partial charge in [-0.3, -0.25) is 4.79 Å². The van der Waals surface area contributed by atoms with Crippen LogP contribution in [0.3, 0.4) is 0 Å². The van der Waals surface area contributed by atoms with Gasteiger partial charge in [0.2, 0.25) is 5.95 Å². The monoisotopic (exact) mass is 448 g/mol. The molecule has 1 N–H and O–H groups in total. The van der Waals surface area contributed by atoms with E-state index in [9.17, 15) is 4.79 Å². The first-order chi connectivity index (χ1) is 16.7. The standard InChI is InChI=1S/C28H24N4O2/c1-34-26-13-6-5-12-25(26)29-28-30-27-15-14-23(19-32(27)31-28)22-11-7-10-21(16-22)18-24(33)17-20-8-3-2-4-9-20/h2-16,19H,17-18H2,1H3,(H,29,31). The highest BCUT2D eigenvalue weighted by Gasteiger charge is 2.10. The van der Waals surface area contributed by atoms with Gasteiger partial charge in [-0.05, 0) is 41.0 Å². The molecule has 5 aromatic rings. The zero-order chi connectivity index (χ0) is 23.3. The van der Waals surface area contributed by atoms with Crippen LogP contribution < -0.4 is 10.1 Å². The fourth-order valence-corrected chi connectivity index (χ4v) is 3.95. The molecule has 2 aromatic heterocycles. The van der Waals surface area contributed by atoms with E-state index < -0.39 is 0 Å². The molecule has 0 saturated carbocycles. The van der Waals surface area contributed by atoms with E-state index in [4.69, 9.17) is 4.74 Å². The highest BCUT2D eigenvalue weighted by molar-refractivity contribution is 5.83. The third kappa shape index (κ3) is 4.81. The summed E-state index contributed by atoms with van der Waals surface area (Å²) >= 11 is 0. The summed E-state index contributed by atoms with van der Waals surface area (Å²) in [6.07, 6.45) is 2.79. The minimum atomic E-state index is 0.196. The van der Waals surface area contributed by atoms with Crippen molar-refractivity contribution < 1.29 is 9.53 Å². The Bertz CT molecular complexity index is 1440. The van der Waals surface area contributed by atoms with Crippen molar-refractivity contribution >= 4 is 23.1 Å². The molecule has 0 radical (unpaired) electrons. The predicted molar refractivity (Wildman–Crippen MR) is 134 cm³/mol. The Morgan fingerprint density at radius 3 is 2.47 bits per heavy atom. The maximum atomic E-state index is 12.6. The Kier molecular flexibility index (Phi) is 6.03. The van der Waals surface area contributed by atoms with Crippen LogP contribution in [0.2, 0.25) is 0 Å². The van der Waals surface area contributed by atoms with Crippen molar-refractivity contribution in [3.8, 4) is 16.9 Å². The predicted octanol–water partition coefficient (Wildman–Crippen LogP) is 5.50. The fourth-order valence-electron chi connectivity index (χ4n) is 3.95. The van der Waals surface area contributed by atoms with Gasteiger partial charge in [0, 0.05) is 24.6 Å². The number of hydrogen-bond donors (Lipinski definition) is 1. The number of hydrogen-bond acceptors (Lipinski definition) is 5. The van der Waals surface area contributed by atoms with Crippen molar-refractivity contribution in [2.24, 2.45) is 0 Å². The first-order valence-electron chi connectivity index (χ1n) is 11.1. The lowest BCUT2D eigenvalue weighted by atomic mass is 9.99. The summed E-state index contributed by atoms with van der Waals surface area (Å²) in [5.74, 6) is 1.41. The van der Waals surface area contributed by atoms with Gasteiger partial charge in [-0.25, -0.2) is 4.52 Å². The summed E-state index contributed by atoms with van der Waals surface area (Å²) < 4.78 is 7.14. The second-order valence-corrected chi connectivity index (χ2v) is 8.06. The lowest BCUT2D eigenvalue weighted by molar-refractivity contribution is -0.117. The van der Waals surface area contributed by atoms with Gasteiger partial charge in [-0.2, -0.15) is 4.98 Å². The molecule has 168 valence electrons. The van der Waals surface area contributed by atoms with Gasteiger partial charge in [-0.15, -0.1) is 5.10 Å². The van der Waals surface area contributed by atoms with Gasteiger partial charge in [0.15, 0.2) is 5.65 Å². The van der Waals surface area contributed by atoms with E-state index in [1.165, 1.54) is 0 Å². The van der Waals surface area contributed by atoms with Gasteiger partial charge >= 0.3 is 0 Å². The normalized spacial score (nSPS) is 10.9.